The van der Waals surface area contributed by atoms with Crippen molar-refractivity contribution in [2.24, 2.45) is 0 Å². The number of pyridine rings is 1. The van der Waals surface area contributed by atoms with Gasteiger partial charge in [-0.2, -0.15) is 0 Å². The first-order valence-electron chi connectivity index (χ1n) is 2.68. The summed E-state index contributed by atoms with van der Waals surface area (Å²) in [6.45, 7) is 0. The number of carbonyl (C=O) groups excluding carboxylic acids is 1. The summed E-state index contributed by atoms with van der Waals surface area (Å²) in [6, 6.07) is 5.46. The Bertz CT molecular complexity index is 183. The lowest BCUT2D eigenvalue weighted by Gasteiger charge is -1.95. The zero-order valence-electron chi connectivity index (χ0n) is 4.87. The van der Waals surface area contributed by atoms with Gasteiger partial charge >= 0.3 is 0 Å². The van der Waals surface area contributed by atoms with E-state index in [0.29, 0.717) is 6.42 Å². The normalized spacial score (nSPS) is 8.89. The predicted octanol–water partition coefficient (Wildman–Crippen LogP) is 0.734. The second-order valence-corrected chi connectivity index (χ2v) is 1.64. The van der Waals surface area contributed by atoms with Crippen molar-refractivity contribution >= 4 is 6.29 Å². The van der Waals surface area contributed by atoms with Crippen LogP contribution < -0.4 is 0 Å². The third-order valence-electron chi connectivity index (χ3n) is 0.979. The lowest BCUT2D eigenvalue weighted by Crippen LogP contribution is -1.87. The molecule has 0 spiro atoms. The molecule has 0 radical (unpaired) electrons. The van der Waals surface area contributed by atoms with Crippen LogP contribution in [0.2, 0.25) is 0 Å². The Morgan fingerprint density at radius 1 is 1.56 bits per heavy atom. The van der Waals surface area contributed by atoms with Crippen LogP contribution in [0.4, 0.5) is 0 Å². The highest BCUT2D eigenvalue weighted by Crippen LogP contribution is 1.90. The van der Waals surface area contributed by atoms with Crippen molar-refractivity contribution in [2.45, 2.75) is 6.42 Å². The quantitative estimate of drug-likeness (QED) is 0.538. The molecule has 1 rings (SSSR count). The first-order chi connectivity index (χ1) is 4.43. The van der Waals surface area contributed by atoms with Crippen molar-refractivity contribution in [3.05, 3.63) is 30.1 Å². The summed E-state index contributed by atoms with van der Waals surface area (Å²) in [5.41, 5.74) is 0.771. The van der Waals surface area contributed by atoms with Gasteiger partial charge in [0.1, 0.15) is 0 Å². The molecule has 1 heterocycles. The van der Waals surface area contributed by atoms with Gasteiger partial charge in [0.2, 0.25) is 0 Å². The van der Waals surface area contributed by atoms with Gasteiger partial charge in [-0.15, -0.1) is 6.42 Å². The average molecular weight is 120 g/mol. The Balaban J connectivity index is 2.72. The molecule has 9 heavy (non-hydrogen) atoms. The molecule has 0 aliphatic carbocycles. The van der Waals surface area contributed by atoms with Crippen molar-refractivity contribution < 1.29 is 4.79 Å². The smallest absolute Gasteiger partial charge is 0.0270 e. The van der Waals surface area contributed by atoms with Crippen molar-refractivity contribution in [3.8, 4) is 0 Å². The Hall–Kier alpha value is -1.18. The third-order valence-corrected chi connectivity index (χ3v) is 0.979. The van der Waals surface area contributed by atoms with E-state index < -0.39 is 0 Å². The summed E-state index contributed by atoms with van der Waals surface area (Å²) in [6.07, 6.45) is 3.72. The minimum atomic E-state index is 0.292. The second kappa shape index (κ2) is 2.97. The zero-order valence-corrected chi connectivity index (χ0v) is 4.87. The van der Waals surface area contributed by atoms with Crippen molar-refractivity contribution in [3.63, 3.8) is 0 Å². The molecule has 2 nitrogen and oxygen atoms in total. The number of hydrogen-bond acceptors (Lipinski definition) is 2. The number of aromatic nitrogens is 1. The fraction of sp³-hybridized carbons (Fsp3) is 0.143. The van der Waals surface area contributed by atoms with Crippen molar-refractivity contribution in [1.82, 2.24) is 4.98 Å². The van der Waals surface area contributed by atoms with E-state index >= 15 is 0 Å². The van der Waals surface area contributed by atoms with Crippen molar-refractivity contribution in [2.75, 3.05) is 0 Å². The highest BCUT2D eigenvalue weighted by atomic mass is 16.1. The highest BCUT2D eigenvalue weighted by Gasteiger charge is 1.79. The Morgan fingerprint density at radius 3 is 3.00 bits per heavy atom. The van der Waals surface area contributed by atoms with Gasteiger partial charge in [-0.05, 0) is 12.1 Å². The maximum absolute atomic E-state index is 9.81. The topological polar surface area (TPSA) is 30.0 Å². The lowest BCUT2D eigenvalue weighted by atomic mass is 10.3. The molecule has 1 aromatic rings. The van der Waals surface area contributed by atoms with Gasteiger partial charge in [-0.25, -0.2) is 0 Å². The van der Waals surface area contributed by atoms with Crippen LogP contribution in [-0.4, -0.2) is 11.3 Å². The predicted molar refractivity (Wildman–Crippen MR) is 33.6 cm³/mol. The maximum atomic E-state index is 9.81. The van der Waals surface area contributed by atoms with E-state index in [2.05, 4.69) is 4.98 Å². The van der Waals surface area contributed by atoms with Gasteiger partial charge in [0, 0.05) is 11.9 Å². The molecule has 2 heteroatoms. The van der Waals surface area contributed by atoms with Gasteiger partial charge in [0.25, 0.3) is 0 Å². The molecular weight excluding hydrogens is 114 g/mol. The summed E-state index contributed by atoms with van der Waals surface area (Å²) in [5.74, 6) is 0. The van der Waals surface area contributed by atoms with Crippen LogP contribution in [0.25, 0.3) is 0 Å². The Labute approximate surface area is 53.5 Å². The van der Waals surface area contributed by atoms with Crippen LogP contribution in [-0.2, 0) is 11.2 Å². The minimum absolute atomic E-state index is 0.292. The van der Waals surface area contributed by atoms with Crippen LogP contribution in [0.3, 0.4) is 0 Å². The summed E-state index contributed by atoms with van der Waals surface area (Å²) >= 11 is 0. The fourth-order valence-electron chi connectivity index (χ4n) is 0.577. The molecule has 0 N–H and O–H groups in total. The van der Waals surface area contributed by atoms with E-state index in [0.717, 1.165) is 5.69 Å². The summed E-state index contributed by atoms with van der Waals surface area (Å²) in [4.78, 5) is 13.7. The minimum Gasteiger partial charge on any atom is -0.541 e. The molecule has 0 aliphatic rings. The van der Waals surface area contributed by atoms with E-state index in [9.17, 15) is 4.79 Å². The zero-order chi connectivity index (χ0) is 6.53. The van der Waals surface area contributed by atoms with E-state index in [1.165, 1.54) is 0 Å². The number of rotatable bonds is 2. The van der Waals surface area contributed by atoms with Crippen molar-refractivity contribution in [1.29, 1.82) is 0 Å². The van der Waals surface area contributed by atoms with Crippen LogP contribution in [0.1, 0.15) is 5.69 Å². The molecule has 0 unspecified atom stereocenters. The molecule has 0 amide bonds. The standard InChI is InChI=1S/C7H6NO/c9-6-4-7-3-1-2-5-8-7/h1-3,5H,4H2/q-1. The van der Waals surface area contributed by atoms with Crippen LogP contribution in [0.15, 0.2) is 24.4 Å². The van der Waals surface area contributed by atoms with Crippen LogP contribution in [0, 0.1) is 0 Å². The largest absolute Gasteiger partial charge is 0.541 e. The van der Waals surface area contributed by atoms with E-state index in [1.807, 2.05) is 12.1 Å². The highest BCUT2D eigenvalue weighted by molar-refractivity contribution is 5.54. The van der Waals surface area contributed by atoms with Gasteiger partial charge in [0.05, 0.1) is 0 Å². The molecule has 0 aliphatic heterocycles. The lowest BCUT2D eigenvalue weighted by molar-refractivity contribution is 0.554. The second-order valence-electron chi connectivity index (χ2n) is 1.64. The summed E-state index contributed by atoms with van der Waals surface area (Å²) in [5, 5.41) is 0. The van der Waals surface area contributed by atoms with E-state index in [4.69, 9.17) is 0 Å². The van der Waals surface area contributed by atoms with Gasteiger partial charge in [0.15, 0.2) is 0 Å². The van der Waals surface area contributed by atoms with Crippen LogP contribution in [0.5, 0.6) is 0 Å². The molecule has 46 valence electrons. The number of hydrogen-bond donors (Lipinski definition) is 0. The molecule has 1 aromatic heterocycles. The Kier molecular flexibility index (Phi) is 1.96. The van der Waals surface area contributed by atoms with Crippen LogP contribution >= 0.6 is 0 Å². The third kappa shape index (κ3) is 1.64. The summed E-state index contributed by atoms with van der Waals surface area (Å²) in [7, 11) is 0. The number of nitrogens with zero attached hydrogens (tertiary/aromatic N) is 1. The first kappa shape index (κ1) is 5.95. The fourth-order valence-corrected chi connectivity index (χ4v) is 0.577. The molecule has 0 aromatic carbocycles. The van der Waals surface area contributed by atoms with Gasteiger partial charge in [-0.1, -0.05) is 6.07 Å². The molecule has 0 saturated heterocycles. The van der Waals surface area contributed by atoms with Gasteiger partial charge < -0.3 is 4.79 Å². The summed E-state index contributed by atoms with van der Waals surface area (Å²) < 4.78 is 0. The van der Waals surface area contributed by atoms with E-state index in [1.54, 1.807) is 18.5 Å². The Morgan fingerprint density at radius 2 is 2.44 bits per heavy atom. The molecule has 0 saturated carbocycles. The van der Waals surface area contributed by atoms with E-state index in [-0.39, 0.29) is 0 Å². The molecule has 0 fully saturated rings. The molecular formula is C7H6NO-. The SMILES string of the molecule is O=[C-]Cc1ccccn1. The first-order valence-corrected chi connectivity index (χ1v) is 2.68. The molecule has 0 bridgehead atoms. The average Bonchev–Trinajstić information content (AvgIpc) is 1.91. The monoisotopic (exact) mass is 120 g/mol. The maximum Gasteiger partial charge on any atom is 0.0270 e. The van der Waals surface area contributed by atoms with Gasteiger partial charge in [-0.3, -0.25) is 11.3 Å². The molecule has 0 atom stereocenters.